The van der Waals surface area contributed by atoms with Crippen molar-refractivity contribution in [2.75, 3.05) is 6.61 Å². The Morgan fingerprint density at radius 1 is 0.844 bits per heavy atom. The Hall–Kier alpha value is -3.86. The zero-order valence-corrected chi connectivity index (χ0v) is 18.6. The second-order valence-electron chi connectivity index (χ2n) is 7.80. The zero-order valence-electron chi connectivity index (χ0n) is 18.6. The number of fused-ring (bicyclic) bond motifs is 1. The molecule has 5 heteroatoms. The smallest absolute Gasteiger partial charge is 0.343 e. The summed E-state index contributed by atoms with van der Waals surface area (Å²) in [4.78, 5) is 25.6. The number of aryl methyl sites for hydroxylation is 2. The van der Waals surface area contributed by atoms with Crippen molar-refractivity contribution in [3.8, 4) is 11.4 Å². The van der Waals surface area contributed by atoms with Crippen molar-refractivity contribution >= 4 is 22.8 Å². The van der Waals surface area contributed by atoms with Crippen LogP contribution in [0.2, 0.25) is 0 Å². The number of carbonyl (C=O) groups excluding carboxylic acids is 2. The van der Waals surface area contributed by atoms with Gasteiger partial charge in [0.1, 0.15) is 5.75 Å². The van der Waals surface area contributed by atoms with Crippen LogP contribution in [0.5, 0.6) is 5.75 Å². The van der Waals surface area contributed by atoms with E-state index in [4.69, 9.17) is 9.47 Å². The van der Waals surface area contributed by atoms with Crippen LogP contribution in [0.4, 0.5) is 0 Å². The maximum absolute atomic E-state index is 12.8. The lowest BCUT2D eigenvalue weighted by atomic mass is 10.1. The first-order valence-corrected chi connectivity index (χ1v) is 10.6. The topological polar surface area (TPSA) is 57.5 Å². The number of para-hydroxylation sites is 1. The lowest BCUT2D eigenvalue weighted by Crippen LogP contribution is -2.09. The number of benzene rings is 3. The monoisotopic (exact) mass is 427 g/mol. The van der Waals surface area contributed by atoms with Gasteiger partial charge in [0.25, 0.3) is 0 Å². The lowest BCUT2D eigenvalue weighted by Gasteiger charge is -2.09. The number of nitrogens with zero attached hydrogens (tertiary/aromatic N) is 1. The molecule has 0 aliphatic rings. The van der Waals surface area contributed by atoms with E-state index in [0.29, 0.717) is 22.3 Å². The van der Waals surface area contributed by atoms with Crippen molar-refractivity contribution in [2.24, 2.45) is 0 Å². The second kappa shape index (κ2) is 8.71. The summed E-state index contributed by atoms with van der Waals surface area (Å²) >= 11 is 0. The van der Waals surface area contributed by atoms with Gasteiger partial charge >= 0.3 is 11.9 Å². The van der Waals surface area contributed by atoms with E-state index < -0.39 is 11.9 Å². The average Bonchev–Trinajstić information content (AvgIpc) is 3.05. The highest BCUT2D eigenvalue weighted by Crippen LogP contribution is 2.33. The van der Waals surface area contributed by atoms with E-state index in [1.54, 1.807) is 31.2 Å². The molecule has 1 aromatic heterocycles. The fourth-order valence-electron chi connectivity index (χ4n) is 4.09. The number of ether oxygens (including phenoxy) is 2. The molecule has 4 rings (SSSR count). The number of hydrogen-bond donors (Lipinski definition) is 0. The molecule has 0 fully saturated rings. The van der Waals surface area contributed by atoms with Crippen LogP contribution < -0.4 is 4.74 Å². The number of aromatic nitrogens is 1. The van der Waals surface area contributed by atoms with Crippen molar-refractivity contribution in [3.05, 3.63) is 94.7 Å². The molecule has 0 N–H and O–H groups in total. The number of rotatable bonds is 5. The predicted octanol–water partition coefficient (Wildman–Crippen LogP) is 5.95. The Morgan fingerprint density at radius 3 is 2.19 bits per heavy atom. The van der Waals surface area contributed by atoms with E-state index in [9.17, 15) is 9.59 Å². The third kappa shape index (κ3) is 4.02. The van der Waals surface area contributed by atoms with Crippen LogP contribution in [-0.4, -0.2) is 23.1 Å². The Morgan fingerprint density at radius 2 is 1.53 bits per heavy atom. The number of esters is 2. The molecule has 0 aliphatic carbocycles. The number of hydrogen-bond acceptors (Lipinski definition) is 4. The van der Waals surface area contributed by atoms with E-state index in [1.807, 2.05) is 67.8 Å². The van der Waals surface area contributed by atoms with Crippen molar-refractivity contribution in [3.63, 3.8) is 0 Å². The molecule has 0 saturated carbocycles. The van der Waals surface area contributed by atoms with Crippen molar-refractivity contribution in [1.82, 2.24) is 4.57 Å². The molecule has 0 atom stereocenters. The fraction of sp³-hybridized carbons (Fsp3) is 0.185. The summed E-state index contributed by atoms with van der Waals surface area (Å²) in [5.41, 5.74) is 5.48. The standard InChI is InChI=1S/C27H25NO4/c1-5-31-27(30)25-19(4)28(21-9-7-6-8-10-21)24-12-11-22(16-23(24)25)32-26(29)20-14-17(2)13-18(3)15-20/h6-16H,5H2,1-4H3. The van der Waals surface area contributed by atoms with Crippen LogP contribution >= 0.6 is 0 Å². The van der Waals surface area contributed by atoms with Gasteiger partial charge in [0.15, 0.2) is 0 Å². The van der Waals surface area contributed by atoms with Gasteiger partial charge in [0.05, 0.1) is 23.3 Å². The first kappa shape index (κ1) is 21.4. The highest BCUT2D eigenvalue weighted by atomic mass is 16.5. The summed E-state index contributed by atoms with van der Waals surface area (Å²) < 4.78 is 13.0. The highest BCUT2D eigenvalue weighted by Gasteiger charge is 2.23. The fourth-order valence-corrected chi connectivity index (χ4v) is 4.09. The Labute approximate surface area is 187 Å². The molecule has 4 aromatic rings. The molecule has 32 heavy (non-hydrogen) atoms. The summed E-state index contributed by atoms with van der Waals surface area (Å²) in [5.74, 6) is -0.465. The molecule has 0 unspecified atom stereocenters. The minimum Gasteiger partial charge on any atom is -0.462 e. The third-order valence-electron chi connectivity index (χ3n) is 5.34. The molecule has 3 aromatic carbocycles. The summed E-state index contributed by atoms with van der Waals surface area (Å²) in [6, 6.07) is 20.8. The van der Waals surface area contributed by atoms with E-state index >= 15 is 0 Å². The summed E-state index contributed by atoms with van der Waals surface area (Å²) in [6.07, 6.45) is 0. The minimum absolute atomic E-state index is 0.275. The third-order valence-corrected chi connectivity index (χ3v) is 5.34. The maximum Gasteiger partial charge on any atom is 0.343 e. The first-order chi connectivity index (χ1) is 15.4. The maximum atomic E-state index is 12.8. The summed E-state index contributed by atoms with van der Waals surface area (Å²) in [7, 11) is 0. The normalized spacial score (nSPS) is 10.9. The van der Waals surface area contributed by atoms with Gasteiger partial charge in [-0.1, -0.05) is 35.4 Å². The van der Waals surface area contributed by atoms with Gasteiger partial charge in [-0.2, -0.15) is 0 Å². The van der Waals surface area contributed by atoms with E-state index in [0.717, 1.165) is 28.0 Å². The molecule has 0 radical (unpaired) electrons. The molecule has 162 valence electrons. The molecule has 1 heterocycles. The Balaban J connectivity index is 1.81. The summed E-state index contributed by atoms with van der Waals surface area (Å²) in [5, 5.41) is 0.676. The molecule has 0 saturated heterocycles. The molecular formula is C27H25NO4. The van der Waals surface area contributed by atoms with Gasteiger partial charge < -0.3 is 14.0 Å². The van der Waals surface area contributed by atoms with Crippen LogP contribution in [0, 0.1) is 20.8 Å². The van der Waals surface area contributed by atoms with Crippen LogP contribution in [0.15, 0.2) is 66.7 Å². The van der Waals surface area contributed by atoms with Gasteiger partial charge in [-0.15, -0.1) is 0 Å². The second-order valence-corrected chi connectivity index (χ2v) is 7.80. The van der Waals surface area contributed by atoms with Gasteiger partial charge in [-0.3, -0.25) is 0 Å². The largest absolute Gasteiger partial charge is 0.462 e. The lowest BCUT2D eigenvalue weighted by molar-refractivity contribution is 0.0527. The van der Waals surface area contributed by atoms with Crippen LogP contribution in [0.1, 0.15) is 44.5 Å². The van der Waals surface area contributed by atoms with Crippen LogP contribution in [-0.2, 0) is 4.74 Å². The van der Waals surface area contributed by atoms with Crippen molar-refractivity contribution in [2.45, 2.75) is 27.7 Å². The average molecular weight is 428 g/mol. The molecule has 0 amide bonds. The molecule has 0 aliphatic heterocycles. The van der Waals surface area contributed by atoms with Gasteiger partial charge in [-0.05, 0) is 70.2 Å². The number of carbonyl (C=O) groups is 2. The van der Waals surface area contributed by atoms with Gasteiger partial charge in [0, 0.05) is 16.8 Å². The Kier molecular flexibility index (Phi) is 5.82. The Bertz CT molecular complexity index is 1300. The molecule has 0 spiro atoms. The highest BCUT2D eigenvalue weighted by molar-refractivity contribution is 6.07. The van der Waals surface area contributed by atoms with Crippen LogP contribution in [0.25, 0.3) is 16.6 Å². The van der Waals surface area contributed by atoms with Gasteiger partial charge in [-0.25, -0.2) is 9.59 Å². The summed E-state index contributed by atoms with van der Waals surface area (Å²) in [6.45, 7) is 7.83. The molecular weight excluding hydrogens is 402 g/mol. The van der Waals surface area contributed by atoms with Crippen molar-refractivity contribution in [1.29, 1.82) is 0 Å². The van der Waals surface area contributed by atoms with E-state index in [1.165, 1.54) is 0 Å². The van der Waals surface area contributed by atoms with E-state index in [2.05, 4.69) is 0 Å². The predicted molar refractivity (Wildman–Crippen MR) is 125 cm³/mol. The van der Waals surface area contributed by atoms with Crippen molar-refractivity contribution < 1.29 is 19.1 Å². The van der Waals surface area contributed by atoms with E-state index in [-0.39, 0.29) is 6.61 Å². The molecule has 5 nitrogen and oxygen atoms in total. The quantitative estimate of drug-likeness (QED) is 0.292. The minimum atomic E-state index is -0.437. The van der Waals surface area contributed by atoms with Crippen LogP contribution in [0.3, 0.4) is 0 Å². The van der Waals surface area contributed by atoms with Gasteiger partial charge in [0.2, 0.25) is 0 Å². The molecule has 0 bridgehead atoms. The SMILES string of the molecule is CCOC(=O)c1c(C)n(-c2ccccc2)c2ccc(OC(=O)c3cc(C)cc(C)c3)cc12. The zero-order chi connectivity index (χ0) is 22.8. The first-order valence-electron chi connectivity index (χ1n) is 10.6.